The van der Waals surface area contributed by atoms with Crippen molar-refractivity contribution in [2.75, 3.05) is 6.61 Å². The molecule has 2 unspecified atom stereocenters. The minimum Gasteiger partial charge on any atom is -0.353 e. The first-order chi connectivity index (χ1) is 11.1. The van der Waals surface area contributed by atoms with E-state index >= 15 is 0 Å². The molecule has 5 atom stereocenters. The first-order valence-corrected chi connectivity index (χ1v) is 8.59. The Morgan fingerprint density at radius 1 is 1.22 bits per heavy atom. The van der Waals surface area contributed by atoms with Crippen LogP contribution in [0.25, 0.3) is 0 Å². The molecule has 4 nitrogen and oxygen atoms in total. The molecule has 0 bridgehead atoms. The van der Waals surface area contributed by atoms with E-state index in [1.54, 1.807) is 0 Å². The summed E-state index contributed by atoms with van der Waals surface area (Å²) < 4.78 is 11.6. The fourth-order valence-electron chi connectivity index (χ4n) is 2.87. The second-order valence-electron chi connectivity index (χ2n) is 6.40. The van der Waals surface area contributed by atoms with Gasteiger partial charge >= 0.3 is 0 Å². The van der Waals surface area contributed by atoms with Gasteiger partial charge in [0.1, 0.15) is 6.04 Å². The highest BCUT2D eigenvalue weighted by Gasteiger charge is 2.27. The molecule has 1 N–H and O–H groups in total. The van der Waals surface area contributed by atoms with Gasteiger partial charge in [-0.15, -0.1) is 0 Å². The molecule has 1 heterocycles. The standard InChI is InChI=1S/C19H28N2O2/c1-14(16(3)23-19-11-7-8-12-22-19)18(13-20)21-15(2)17-9-5-4-6-10-17/h4-6,9-10,14-16,18-19,21H,7-8,11-12H2,1-3H3/t14-,15-,16-,18?,19?/m0/s1. The van der Waals surface area contributed by atoms with Gasteiger partial charge in [0, 0.05) is 18.6 Å². The summed E-state index contributed by atoms with van der Waals surface area (Å²) in [5, 5.41) is 13.0. The highest BCUT2D eigenvalue weighted by molar-refractivity contribution is 5.18. The Balaban J connectivity index is 1.89. The first-order valence-electron chi connectivity index (χ1n) is 8.59. The van der Waals surface area contributed by atoms with Crippen LogP contribution in [0.4, 0.5) is 0 Å². The molecular formula is C19H28N2O2. The van der Waals surface area contributed by atoms with Crippen LogP contribution < -0.4 is 5.32 Å². The molecule has 0 aromatic heterocycles. The second kappa shape index (κ2) is 9.02. The molecule has 1 saturated heterocycles. The number of nitrogens with zero attached hydrogens (tertiary/aromatic N) is 1. The van der Waals surface area contributed by atoms with Crippen molar-refractivity contribution >= 4 is 0 Å². The van der Waals surface area contributed by atoms with Crippen molar-refractivity contribution in [1.29, 1.82) is 5.26 Å². The minimum atomic E-state index is -0.260. The van der Waals surface area contributed by atoms with Gasteiger partial charge in [-0.05, 0) is 38.7 Å². The molecule has 0 saturated carbocycles. The molecule has 0 spiro atoms. The third kappa shape index (κ3) is 5.31. The summed E-state index contributed by atoms with van der Waals surface area (Å²) in [6.07, 6.45) is 3.06. The monoisotopic (exact) mass is 316 g/mol. The molecule has 0 radical (unpaired) electrons. The number of hydrogen-bond acceptors (Lipinski definition) is 4. The van der Waals surface area contributed by atoms with Crippen molar-refractivity contribution in [3.63, 3.8) is 0 Å². The number of hydrogen-bond donors (Lipinski definition) is 1. The maximum Gasteiger partial charge on any atom is 0.157 e. The zero-order valence-corrected chi connectivity index (χ0v) is 14.4. The Labute approximate surface area is 139 Å². The number of nitrogens with one attached hydrogen (secondary N) is 1. The molecule has 23 heavy (non-hydrogen) atoms. The molecule has 1 aromatic rings. The van der Waals surface area contributed by atoms with Gasteiger partial charge in [0.25, 0.3) is 0 Å². The average Bonchev–Trinajstić information content (AvgIpc) is 2.60. The van der Waals surface area contributed by atoms with Crippen LogP contribution in [0.1, 0.15) is 51.6 Å². The van der Waals surface area contributed by atoms with Gasteiger partial charge in [-0.2, -0.15) is 5.26 Å². The zero-order chi connectivity index (χ0) is 16.7. The maximum absolute atomic E-state index is 9.55. The Morgan fingerprint density at radius 3 is 2.57 bits per heavy atom. The van der Waals surface area contributed by atoms with Gasteiger partial charge in [-0.3, -0.25) is 5.32 Å². The Kier molecular flexibility index (Phi) is 7.04. The Bertz CT molecular complexity index is 494. The van der Waals surface area contributed by atoms with Gasteiger partial charge in [-0.1, -0.05) is 37.3 Å². The van der Waals surface area contributed by atoms with E-state index in [1.807, 2.05) is 25.1 Å². The number of nitriles is 1. The molecule has 4 heteroatoms. The van der Waals surface area contributed by atoms with Gasteiger partial charge in [-0.25, -0.2) is 0 Å². The second-order valence-corrected chi connectivity index (χ2v) is 6.40. The Hall–Kier alpha value is -1.41. The first kappa shape index (κ1) is 17.9. The molecule has 1 aliphatic rings. The lowest BCUT2D eigenvalue weighted by molar-refractivity contribution is -0.194. The van der Waals surface area contributed by atoms with Crippen molar-refractivity contribution in [3.8, 4) is 6.07 Å². The van der Waals surface area contributed by atoms with E-state index in [2.05, 4.69) is 37.4 Å². The van der Waals surface area contributed by atoms with E-state index in [-0.39, 0.29) is 30.4 Å². The number of benzene rings is 1. The van der Waals surface area contributed by atoms with Crippen molar-refractivity contribution in [2.45, 2.75) is 64.5 Å². The Morgan fingerprint density at radius 2 is 1.96 bits per heavy atom. The summed E-state index contributed by atoms with van der Waals surface area (Å²) >= 11 is 0. The van der Waals surface area contributed by atoms with Crippen LogP contribution >= 0.6 is 0 Å². The summed E-state index contributed by atoms with van der Waals surface area (Å²) in [5.74, 6) is 0.0803. The minimum absolute atomic E-state index is 0.0294. The van der Waals surface area contributed by atoms with Crippen LogP contribution in [0.5, 0.6) is 0 Å². The largest absolute Gasteiger partial charge is 0.353 e. The van der Waals surface area contributed by atoms with Crippen molar-refractivity contribution in [2.24, 2.45) is 5.92 Å². The van der Waals surface area contributed by atoms with Crippen LogP contribution in [-0.4, -0.2) is 25.0 Å². The molecular weight excluding hydrogens is 288 g/mol. The highest BCUT2D eigenvalue weighted by atomic mass is 16.7. The van der Waals surface area contributed by atoms with Gasteiger partial charge in [0.05, 0.1) is 12.2 Å². The third-order valence-corrected chi connectivity index (χ3v) is 4.64. The maximum atomic E-state index is 9.55. The van der Waals surface area contributed by atoms with Crippen LogP contribution in [-0.2, 0) is 9.47 Å². The van der Waals surface area contributed by atoms with Crippen LogP contribution in [0.3, 0.4) is 0 Å². The fourth-order valence-corrected chi connectivity index (χ4v) is 2.87. The summed E-state index contributed by atoms with van der Waals surface area (Å²) in [5.41, 5.74) is 1.18. The molecule has 126 valence electrons. The molecule has 1 aromatic carbocycles. The molecule has 0 aliphatic carbocycles. The predicted octanol–water partition coefficient (Wildman–Crippen LogP) is 3.80. The highest BCUT2D eigenvalue weighted by Crippen LogP contribution is 2.21. The third-order valence-electron chi connectivity index (χ3n) is 4.64. The van der Waals surface area contributed by atoms with Gasteiger partial charge in [0.15, 0.2) is 6.29 Å². The molecule has 0 amide bonds. The molecule has 1 aliphatic heterocycles. The van der Waals surface area contributed by atoms with E-state index < -0.39 is 0 Å². The lowest BCUT2D eigenvalue weighted by Gasteiger charge is -2.32. The SMILES string of the molecule is C[C@H](NC(C#N)[C@@H](C)[C@H](C)OC1CCCCO1)c1ccccc1. The van der Waals surface area contributed by atoms with Crippen molar-refractivity contribution < 1.29 is 9.47 Å². The summed E-state index contributed by atoms with van der Waals surface area (Å²) in [7, 11) is 0. The van der Waals surface area contributed by atoms with Crippen LogP contribution in [0.2, 0.25) is 0 Å². The molecule has 2 rings (SSSR count). The predicted molar refractivity (Wildman–Crippen MR) is 90.7 cm³/mol. The van der Waals surface area contributed by atoms with Gasteiger partial charge in [0.2, 0.25) is 0 Å². The van der Waals surface area contributed by atoms with E-state index in [9.17, 15) is 5.26 Å². The lowest BCUT2D eigenvalue weighted by atomic mass is 9.95. The van der Waals surface area contributed by atoms with E-state index in [1.165, 1.54) is 5.56 Å². The van der Waals surface area contributed by atoms with E-state index in [4.69, 9.17) is 9.47 Å². The lowest BCUT2D eigenvalue weighted by Crippen LogP contribution is -2.42. The number of rotatable bonds is 7. The fraction of sp³-hybridized carbons (Fsp3) is 0.632. The van der Waals surface area contributed by atoms with E-state index in [0.29, 0.717) is 0 Å². The van der Waals surface area contributed by atoms with E-state index in [0.717, 1.165) is 25.9 Å². The summed E-state index contributed by atoms with van der Waals surface area (Å²) in [6.45, 7) is 6.95. The summed E-state index contributed by atoms with van der Waals surface area (Å²) in [4.78, 5) is 0. The van der Waals surface area contributed by atoms with Crippen molar-refractivity contribution in [1.82, 2.24) is 5.32 Å². The summed E-state index contributed by atoms with van der Waals surface area (Å²) in [6, 6.07) is 12.4. The smallest absolute Gasteiger partial charge is 0.157 e. The topological polar surface area (TPSA) is 54.3 Å². The quantitative estimate of drug-likeness (QED) is 0.831. The van der Waals surface area contributed by atoms with Crippen LogP contribution in [0.15, 0.2) is 30.3 Å². The van der Waals surface area contributed by atoms with Crippen molar-refractivity contribution in [3.05, 3.63) is 35.9 Å². The number of ether oxygens (including phenoxy) is 2. The zero-order valence-electron chi connectivity index (χ0n) is 14.4. The van der Waals surface area contributed by atoms with Crippen LogP contribution in [0, 0.1) is 17.2 Å². The van der Waals surface area contributed by atoms with Gasteiger partial charge < -0.3 is 9.47 Å². The average molecular weight is 316 g/mol. The normalized spacial score (nSPS) is 23.5. The molecule has 1 fully saturated rings.